The fourth-order valence-corrected chi connectivity index (χ4v) is 3.79. The molecule has 112 valence electrons. The molecule has 2 rings (SSSR count). The minimum absolute atomic E-state index is 0.159. The average molecular weight is 351 g/mol. The van der Waals surface area contributed by atoms with Gasteiger partial charge in [0.05, 0.1) is 18.3 Å². The predicted molar refractivity (Wildman–Crippen MR) is 75.7 cm³/mol. The van der Waals surface area contributed by atoms with E-state index in [1.165, 1.54) is 11.6 Å². The van der Waals surface area contributed by atoms with Gasteiger partial charge in [-0.25, -0.2) is 22.6 Å². The summed E-state index contributed by atoms with van der Waals surface area (Å²) in [5, 5.41) is 0.159. The number of benzene rings is 1. The van der Waals surface area contributed by atoms with E-state index < -0.39 is 21.8 Å². The molecule has 0 radical (unpaired) electrons. The first-order chi connectivity index (χ1) is 9.85. The molecule has 0 spiro atoms. The maximum atomic E-state index is 13.6. The molecule has 1 N–H and O–H groups in total. The molecule has 0 atom stereocenters. The van der Waals surface area contributed by atoms with Crippen LogP contribution in [0.5, 0.6) is 0 Å². The third-order valence-electron chi connectivity index (χ3n) is 2.33. The Kier molecular flexibility index (Phi) is 4.45. The molecule has 1 aromatic carbocycles. The van der Waals surface area contributed by atoms with Gasteiger partial charge in [0.25, 0.3) is 10.0 Å². The van der Waals surface area contributed by atoms with Gasteiger partial charge in [-0.15, -0.1) is 11.3 Å². The topological polar surface area (TPSA) is 85.4 Å². The van der Waals surface area contributed by atoms with Gasteiger partial charge >= 0.3 is 5.97 Å². The highest BCUT2D eigenvalue weighted by Crippen LogP contribution is 2.26. The van der Waals surface area contributed by atoms with E-state index in [0.717, 1.165) is 19.2 Å². The summed E-state index contributed by atoms with van der Waals surface area (Å²) < 4.78 is 44.1. The lowest BCUT2D eigenvalue weighted by molar-refractivity contribution is 0.0590. The number of nitrogens with one attached hydrogen (secondary N) is 1. The first-order valence-corrected chi connectivity index (χ1v) is 8.09. The molecular formula is C11H8ClFN2O4S2. The second kappa shape index (κ2) is 5.96. The number of carbonyl (C=O) groups is 1. The van der Waals surface area contributed by atoms with Crippen LogP contribution in [0, 0.1) is 5.82 Å². The fourth-order valence-electron chi connectivity index (χ4n) is 1.43. The van der Waals surface area contributed by atoms with E-state index in [1.807, 2.05) is 4.72 Å². The van der Waals surface area contributed by atoms with Crippen molar-refractivity contribution in [1.29, 1.82) is 0 Å². The van der Waals surface area contributed by atoms with Gasteiger partial charge in [-0.05, 0) is 18.2 Å². The monoisotopic (exact) mass is 350 g/mol. The van der Waals surface area contributed by atoms with E-state index in [9.17, 15) is 17.6 Å². The highest BCUT2D eigenvalue weighted by Gasteiger charge is 2.27. The number of esters is 1. The van der Waals surface area contributed by atoms with Crippen LogP contribution in [-0.4, -0.2) is 26.5 Å². The number of anilines is 1. The Morgan fingerprint density at radius 1 is 1.48 bits per heavy atom. The molecule has 0 fully saturated rings. The Balaban J connectivity index is 2.42. The van der Waals surface area contributed by atoms with Crippen LogP contribution in [0.2, 0.25) is 5.02 Å². The normalized spacial score (nSPS) is 11.2. The van der Waals surface area contributed by atoms with Crippen molar-refractivity contribution < 1.29 is 22.3 Å². The van der Waals surface area contributed by atoms with Crippen LogP contribution in [0.15, 0.2) is 27.9 Å². The zero-order valence-electron chi connectivity index (χ0n) is 10.5. The maximum Gasteiger partial charge on any atom is 0.358 e. The minimum atomic E-state index is -4.19. The standard InChI is InChI=1S/C11H8ClFN2O4S2/c1-19-10(16)9-11(20-5-14-9)21(17,18)15-8-4-6(12)2-3-7(8)13/h2-5,15H,1H3. The van der Waals surface area contributed by atoms with Crippen LogP contribution >= 0.6 is 22.9 Å². The van der Waals surface area contributed by atoms with E-state index in [4.69, 9.17) is 11.6 Å². The lowest BCUT2D eigenvalue weighted by atomic mass is 10.3. The molecule has 0 unspecified atom stereocenters. The number of rotatable bonds is 4. The zero-order chi connectivity index (χ0) is 15.6. The van der Waals surface area contributed by atoms with Crippen LogP contribution in [0.3, 0.4) is 0 Å². The minimum Gasteiger partial charge on any atom is -0.464 e. The molecule has 0 aliphatic carbocycles. The first-order valence-electron chi connectivity index (χ1n) is 5.35. The van der Waals surface area contributed by atoms with Crippen LogP contribution < -0.4 is 4.72 Å². The molecule has 1 heterocycles. The fraction of sp³-hybridized carbons (Fsp3) is 0.0909. The molecule has 0 saturated heterocycles. The van der Waals surface area contributed by atoms with Crippen molar-refractivity contribution in [3.8, 4) is 0 Å². The largest absolute Gasteiger partial charge is 0.464 e. The number of halogens is 2. The number of aromatic nitrogens is 1. The van der Waals surface area contributed by atoms with E-state index in [2.05, 4.69) is 9.72 Å². The summed E-state index contributed by atoms with van der Waals surface area (Å²) in [7, 11) is -3.09. The number of carbonyl (C=O) groups excluding carboxylic acids is 1. The summed E-state index contributed by atoms with van der Waals surface area (Å²) in [6.45, 7) is 0. The van der Waals surface area contributed by atoms with Gasteiger partial charge in [-0.2, -0.15) is 0 Å². The summed E-state index contributed by atoms with van der Waals surface area (Å²) >= 11 is 6.40. The van der Waals surface area contributed by atoms with E-state index in [0.29, 0.717) is 11.3 Å². The second-order valence-corrected chi connectivity index (χ2v) is 6.88. The number of methoxy groups -OCH3 is 1. The third-order valence-corrected chi connectivity index (χ3v) is 5.30. The van der Waals surface area contributed by atoms with Crippen molar-refractivity contribution in [2.75, 3.05) is 11.8 Å². The van der Waals surface area contributed by atoms with Crippen molar-refractivity contribution in [3.63, 3.8) is 0 Å². The smallest absolute Gasteiger partial charge is 0.358 e. The summed E-state index contributed by atoms with van der Waals surface area (Å²) in [5.41, 5.74) is 0.485. The number of ether oxygens (including phenoxy) is 1. The maximum absolute atomic E-state index is 13.6. The van der Waals surface area contributed by atoms with Gasteiger partial charge in [0.1, 0.15) is 5.82 Å². The number of hydrogen-bond acceptors (Lipinski definition) is 6. The van der Waals surface area contributed by atoms with E-state index >= 15 is 0 Å². The Morgan fingerprint density at radius 3 is 2.86 bits per heavy atom. The molecule has 0 saturated carbocycles. The quantitative estimate of drug-likeness (QED) is 0.856. The summed E-state index contributed by atoms with van der Waals surface area (Å²) in [6.07, 6.45) is 0. The molecule has 10 heteroatoms. The molecule has 0 aliphatic rings. The van der Waals surface area contributed by atoms with Crippen LogP contribution in [0.4, 0.5) is 10.1 Å². The van der Waals surface area contributed by atoms with Crippen LogP contribution in [-0.2, 0) is 14.8 Å². The number of hydrogen-bond donors (Lipinski definition) is 1. The van der Waals surface area contributed by atoms with Crippen molar-refractivity contribution >= 4 is 44.6 Å². The van der Waals surface area contributed by atoms with Crippen molar-refractivity contribution in [2.24, 2.45) is 0 Å². The van der Waals surface area contributed by atoms with E-state index in [-0.39, 0.29) is 20.6 Å². The molecule has 0 amide bonds. The number of sulfonamides is 1. The van der Waals surface area contributed by atoms with Crippen LogP contribution in [0.25, 0.3) is 0 Å². The van der Waals surface area contributed by atoms with Crippen molar-refractivity contribution in [2.45, 2.75) is 4.21 Å². The highest BCUT2D eigenvalue weighted by molar-refractivity contribution is 7.94. The molecular weight excluding hydrogens is 343 g/mol. The van der Waals surface area contributed by atoms with Gasteiger partial charge in [0.15, 0.2) is 9.90 Å². The number of nitrogens with zero attached hydrogens (tertiary/aromatic N) is 1. The average Bonchev–Trinajstić information content (AvgIpc) is 2.92. The molecule has 6 nitrogen and oxygen atoms in total. The molecule has 0 aliphatic heterocycles. The molecule has 1 aromatic heterocycles. The molecule has 2 aromatic rings. The highest BCUT2D eigenvalue weighted by atomic mass is 35.5. The first kappa shape index (κ1) is 15.7. The van der Waals surface area contributed by atoms with Gasteiger partial charge < -0.3 is 4.74 Å². The van der Waals surface area contributed by atoms with Crippen molar-refractivity contribution in [1.82, 2.24) is 4.98 Å². The SMILES string of the molecule is COC(=O)c1ncsc1S(=O)(=O)Nc1cc(Cl)ccc1F. The Bertz CT molecular complexity index is 791. The van der Waals surface area contributed by atoms with Gasteiger partial charge in [0.2, 0.25) is 0 Å². The Morgan fingerprint density at radius 2 is 2.19 bits per heavy atom. The second-order valence-electron chi connectivity index (χ2n) is 3.71. The van der Waals surface area contributed by atoms with Gasteiger partial charge in [0, 0.05) is 5.02 Å². The van der Waals surface area contributed by atoms with Crippen LogP contribution in [0.1, 0.15) is 10.5 Å². The Hall–Kier alpha value is -1.71. The Labute approximate surface area is 128 Å². The summed E-state index contributed by atoms with van der Waals surface area (Å²) in [5.74, 6) is -1.70. The van der Waals surface area contributed by atoms with E-state index in [1.54, 1.807) is 0 Å². The summed E-state index contributed by atoms with van der Waals surface area (Å²) in [4.78, 5) is 15.1. The molecule has 0 bridgehead atoms. The van der Waals surface area contributed by atoms with Crippen molar-refractivity contribution in [3.05, 3.63) is 40.2 Å². The lowest BCUT2D eigenvalue weighted by Crippen LogP contribution is -2.16. The number of thiazole rings is 1. The van der Waals surface area contributed by atoms with Gasteiger partial charge in [-0.1, -0.05) is 11.6 Å². The summed E-state index contributed by atoms with van der Waals surface area (Å²) in [6, 6.07) is 3.42. The predicted octanol–water partition coefficient (Wildman–Crippen LogP) is 2.52. The van der Waals surface area contributed by atoms with Gasteiger partial charge in [-0.3, -0.25) is 4.72 Å². The molecule has 21 heavy (non-hydrogen) atoms. The zero-order valence-corrected chi connectivity index (χ0v) is 12.9. The third kappa shape index (κ3) is 3.31. The lowest BCUT2D eigenvalue weighted by Gasteiger charge is -2.08.